The Morgan fingerprint density at radius 1 is 0.900 bits per heavy atom. The van der Waals surface area contributed by atoms with E-state index in [-0.39, 0.29) is 11.3 Å². The zero-order valence-electron chi connectivity index (χ0n) is 27.2. The first-order chi connectivity index (χ1) is 24.3. The van der Waals surface area contributed by atoms with Crippen LogP contribution in [0.1, 0.15) is 11.3 Å². The molecule has 7 rings (SSSR count). The first-order valence-electron chi connectivity index (χ1n) is 15.9. The van der Waals surface area contributed by atoms with Gasteiger partial charge in [0.2, 0.25) is 0 Å². The van der Waals surface area contributed by atoms with Crippen molar-refractivity contribution in [3.8, 4) is 22.8 Å². The molecule has 2 aromatic heterocycles. The fourth-order valence-corrected chi connectivity index (χ4v) is 7.23. The predicted octanol–water partition coefficient (Wildman–Crippen LogP) is 6.46. The molecule has 1 amide bonds. The van der Waals surface area contributed by atoms with Crippen LogP contribution in [-0.2, 0) is 27.8 Å². The van der Waals surface area contributed by atoms with Gasteiger partial charge in [-0.2, -0.15) is 0 Å². The first-order valence-corrected chi connectivity index (χ1v) is 17.7. The molecule has 0 fully saturated rings. The van der Waals surface area contributed by atoms with Crippen molar-refractivity contribution in [1.29, 1.82) is 0 Å². The number of para-hydroxylation sites is 2. The van der Waals surface area contributed by atoms with Crippen LogP contribution in [0, 0.1) is 6.92 Å². The molecule has 0 unspecified atom stereocenters. The summed E-state index contributed by atoms with van der Waals surface area (Å²) in [5.74, 6) is -0.801. The maximum Gasteiger partial charge on any atom is 0.316 e. The number of amides is 1. The van der Waals surface area contributed by atoms with E-state index in [1.165, 1.54) is 11.3 Å². The van der Waals surface area contributed by atoms with Gasteiger partial charge in [0, 0.05) is 40.7 Å². The first kappa shape index (κ1) is 33.1. The van der Waals surface area contributed by atoms with Gasteiger partial charge in [0.05, 0.1) is 17.1 Å². The van der Waals surface area contributed by atoms with E-state index < -0.39 is 18.5 Å². The quantitative estimate of drug-likeness (QED) is 0.125. The average Bonchev–Trinajstić information content (AvgIpc) is 3.81. The molecule has 6 aromatic rings. The van der Waals surface area contributed by atoms with Crippen LogP contribution in [0.25, 0.3) is 22.8 Å². The molecular weight excluding hydrogens is 718 g/mol. The summed E-state index contributed by atoms with van der Waals surface area (Å²) in [4.78, 5) is 41.8. The fourth-order valence-electron chi connectivity index (χ4n) is 6.03. The van der Waals surface area contributed by atoms with Crippen LogP contribution in [0.5, 0.6) is 0 Å². The minimum Gasteiger partial charge on any atom is -0.455 e. The molecule has 0 saturated heterocycles. The molecule has 0 bridgehead atoms. The van der Waals surface area contributed by atoms with E-state index in [9.17, 15) is 14.4 Å². The second-order valence-electron chi connectivity index (χ2n) is 11.6. The second-order valence-corrected chi connectivity index (χ2v) is 13.4. The SMILES string of the molecule is Cc1c(-n2c(SCC(=O)OCC(=O)Nc3ccc(N4CCc5ccccc54)cc3)nnc2-c2ccccc2Br)c(=O)n(-c2ccccc2)n1C. The number of anilines is 3. The largest absolute Gasteiger partial charge is 0.455 e. The molecule has 1 N–H and O–H groups in total. The number of nitrogens with one attached hydrogen (secondary N) is 1. The van der Waals surface area contributed by atoms with Gasteiger partial charge >= 0.3 is 5.97 Å². The zero-order chi connectivity index (χ0) is 34.8. The standard InChI is InChI=1S/C37H32BrN7O4S/c1-24-34(36(48)45(42(24)2)28-11-4-3-5-12-28)44-35(29-13-7-8-14-30(29)38)40-41-37(44)50-23-33(47)49-22-32(46)39-26-16-18-27(19-17-26)43-21-20-25-10-6-9-15-31(25)43/h3-19H,20-23H2,1-2H3,(H,39,46). The van der Waals surface area contributed by atoms with E-state index in [0.717, 1.165) is 40.5 Å². The van der Waals surface area contributed by atoms with Crippen molar-refractivity contribution in [2.24, 2.45) is 7.05 Å². The summed E-state index contributed by atoms with van der Waals surface area (Å²) in [7, 11) is 1.81. The Morgan fingerprint density at radius 2 is 1.62 bits per heavy atom. The van der Waals surface area contributed by atoms with Gasteiger partial charge in [-0.25, -0.2) is 4.68 Å². The number of ether oxygens (including phenoxy) is 1. The summed E-state index contributed by atoms with van der Waals surface area (Å²) in [5.41, 5.74) is 6.32. The molecule has 11 nitrogen and oxygen atoms in total. The lowest BCUT2D eigenvalue weighted by Crippen LogP contribution is -2.22. The molecule has 0 radical (unpaired) electrons. The van der Waals surface area contributed by atoms with Gasteiger partial charge in [-0.3, -0.25) is 23.6 Å². The van der Waals surface area contributed by atoms with Crippen LogP contribution in [0.15, 0.2) is 118 Å². The molecule has 252 valence electrons. The van der Waals surface area contributed by atoms with E-state index in [0.29, 0.717) is 33.7 Å². The van der Waals surface area contributed by atoms with E-state index in [1.54, 1.807) is 13.9 Å². The number of aromatic nitrogens is 5. The van der Waals surface area contributed by atoms with Crippen molar-refractivity contribution >= 4 is 56.6 Å². The summed E-state index contributed by atoms with van der Waals surface area (Å²) in [6, 6.07) is 32.8. The molecule has 0 saturated carbocycles. The lowest BCUT2D eigenvalue weighted by Gasteiger charge is -2.20. The van der Waals surface area contributed by atoms with Gasteiger partial charge in [-0.15, -0.1) is 10.2 Å². The van der Waals surface area contributed by atoms with Gasteiger partial charge in [0.1, 0.15) is 5.69 Å². The van der Waals surface area contributed by atoms with E-state index in [2.05, 4.69) is 54.5 Å². The van der Waals surface area contributed by atoms with Gasteiger partial charge in [0.25, 0.3) is 11.5 Å². The summed E-state index contributed by atoms with van der Waals surface area (Å²) in [5, 5.41) is 11.9. The Morgan fingerprint density at radius 3 is 2.40 bits per heavy atom. The average molecular weight is 751 g/mol. The van der Waals surface area contributed by atoms with Crippen molar-refractivity contribution in [1.82, 2.24) is 24.1 Å². The third-order valence-electron chi connectivity index (χ3n) is 8.53. The highest BCUT2D eigenvalue weighted by molar-refractivity contribution is 9.10. The number of esters is 1. The van der Waals surface area contributed by atoms with Gasteiger partial charge in [0.15, 0.2) is 17.6 Å². The van der Waals surface area contributed by atoms with Gasteiger partial charge < -0.3 is 15.0 Å². The topological polar surface area (TPSA) is 116 Å². The number of carbonyl (C=O) groups is 2. The van der Waals surface area contributed by atoms with Crippen molar-refractivity contribution in [3.63, 3.8) is 0 Å². The van der Waals surface area contributed by atoms with Crippen LogP contribution in [-0.4, -0.2) is 54.9 Å². The Labute approximate surface area is 300 Å². The molecule has 13 heteroatoms. The third kappa shape index (κ3) is 6.49. The smallest absolute Gasteiger partial charge is 0.316 e. The molecule has 0 atom stereocenters. The Hall–Kier alpha value is -5.40. The summed E-state index contributed by atoms with van der Waals surface area (Å²) in [6.45, 7) is 2.30. The molecule has 3 heterocycles. The number of hydrogen-bond acceptors (Lipinski definition) is 8. The molecule has 1 aliphatic rings. The monoisotopic (exact) mass is 749 g/mol. The van der Waals surface area contributed by atoms with Gasteiger partial charge in [-0.1, -0.05) is 82.3 Å². The molecule has 4 aromatic carbocycles. The number of fused-ring (bicyclic) bond motifs is 1. The van der Waals surface area contributed by atoms with Crippen LogP contribution in [0.4, 0.5) is 17.1 Å². The zero-order valence-corrected chi connectivity index (χ0v) is 29.6. The molecule has 1 aliphatic heterocycles. The maximum atomic E-state index is 14.0. The van der Waals surface area contributed by atoms with Crippen molar-refractivity contribution in [2.75, 3.05) is 29.1 Å². The highest BCUT2D eigenvalue weighted by Gasteiger charge is 2.26. The Balaban J connectivity index is 1.04. The number of benzene rings is 4. The number of rotatable bonds is 10. The van der Waals surface area contributed by atoms with Crippen LogP contribution in [0.3, 0.4) is 0 Å². The lowest BCUT2D eigenvalue weighted by molar-refractivity contribution is -0.144. The maximum absolute atomic E-state index is 14.0. The number of carbonyl (C=O) groups excluding carboxylic acids is 2. The lowest BCUT2D eigenvalue weighted by atomic mass is 10.2. The number of halogens is 1. The number of thioether (sulfide) groups is 1. The van der Waals surface area contributed by atoms with Gasteiger partial charge in [-0.05, 0) is 67.4 Å². The summed E-state index contributed by atoms with van der Waals surface area (Å²) in [6.07, 6.45) is 0.989. The molecule has 0 aliphatic carbocycles. The predicted molar refractivity (Wildman–Crippen MR) is 198 cm³/mol. The van der Waals surface area contributed by atoms with Crippen LogP contribution < -0.4 is 15.8 Å². The minimum absolute atomic E-state index is 0.161. The van der Waals surface area contributed by atoms with Crippen molar-refractivity contribution < 1.29 is 14.3 Å². The third-order valence-corrected chi connectivity index (χ3v) is 10.1. The highest BCUT2D eigenvalue weighted by Crippen LogP contribution is 2.35. The molecular formula is C37H32BrN7O4S. The van der Waals surface area contributed by atoms with Crippen molar-refractivity contribution in [2.45, 2.75) is 18.5 Å². The molecule has 50 heavy (non-hydrogen) atoms. The van der Waals surface area contributed by atoms with Crippen molar-refractivity contribution in [3.05, 3.63) is 129 Å². The van der Waals surface area contributed by atoms with E-state index in [1.807, 2.05) is 98.9 Å². The van der Waals surface area contributed by atoms with Crippen LogP contribution in [0.2, 0.25) is 0 Å². The normalized spacial score (nSPS) is 12.2. The van der Waals surface area contributed by atoms with E-state index in [4.69, 9.17) is 4.74 Å². The second kappa shape index (κ2) is 14.2. The number of hydrogen-bond donors (Lipinski definition) is 1. The molecule has 0 spiro atoms. The summed E-state index contributed by atoms with van der Waals surface area (Å²) < 4.78 is 11.1. The van der Waals surface area contributed by atoms with E-state index >= 15 is 0 Å². The fraction of sp³-hybridized carbons (Fsp3) is 0.162. The van der Waals surface area contributed by atoms with Crippen LogP contribution >= 0.6 is 27.7 Å². The summed E-state index contributed by atoms with van der Waals surface area (Å²) >= 11 is 4.67. The number of nitrogens with zero attached hydrogens (tertiary/aromatic N) is 6. The Kier molecular flexibility index (Phi) is 9.42. The minimum atomic E-state index is -0.614. The Bertz CT molecular complexity index is 2260. The highest BCUT2D eigenvalue weighted by atomic mass is 79.9.